The zero-order valence-electron chi connectivity index (χ0n) is 10.6. The topological polar surface area (TPSA) is 38.0 Å². The largest absolute Gasteiger partial charge is 0.271 e. The number of nitrogens with one attached hydrogen (secondary N) is 1. The molecule has 17 heavy (non-hydrogen) atoms. The van der Waals surface area contributed by atoms with E-state index in [2.05, 4.69) is 26.2 Å². The molecule has 0 spiro atoms. The lowest BCUT2D eigenvalue weighted by molar-refractivity contribution is 0.308. The molecule has 0 aliphatic heterocycles. The predicted octanol–water partition coefficient (Wildman–Crippen LogP) is 3.29. The highest BCUT2D eigenvalue weighted by atomic mass is 35.5. The quantitative estimate of drug-likeness (QED) is 0.643. The summed E-state index contributed by atoms with van der Waals surface area (Å²) < 4.78 is 13.3. The van der Waals surface area contributed by atoms with E-state index in [1.54, 1.807) is 6.07 Å². The minimum absolute atomic E-state index is 0.0919. The van der Waals surface area contributed by atoms with Crippen molar-refractivity contribution < 1.29 is 4.39 Å². The molecule has 0 saturated carbocycles. The van der Waals surface area contributed by atoms with Crippen LogP contribution in [0.25, 0.3) is 0 Å². The lowest BCUT2D eigenvalue weighted by Gasteiger charge is -2.25. The van der Waals surface area contributed by atoms with Crippen LogP contribution >= 0.6 is 11.6 Å². The number of hydrogen-bond donors (Lipinski definition) is 2. The van der Waals surface area contributed by atoms with Crippen molar-refractivity contribution in [3.8, 4) is 0 Å². The van der Waals surface area contributed by atoms with Crippen molar-refractivity contribution in [3.05, 3.63) is 34.6 Å². The molecule has 0 aliphatic carbocycles. The molecule has 1 unspecified atom stereocenters. The average Bonchev–Trinajstić information content (AvgIpc) is 2.21. The van der Waals surface area contributed by atoms with Gasteiger partial charge >= 0.3 is 0 Å². The van der Waals surface area contributed by atoms with Crippen LogP contribution in [0.4, 0.5) is 4.39 Å². The third-order valence-electron chi connectivity index (χ3n) is 2.59. The van der Waals surface area contributed by atoms with Crippen molar-refractivity contribution in [2.75, 3.05) is 0 Å². The third kappa shape index (κ3) is 4.62. The van der Waals surface area contributed by atoms with Gasteiger partial charge in [0.15, 0.2) is 0 Å². The van der Waals surface area contributed by atoms with Crippen molar-refractivity contribution in [2.45, 2.75) is 39.7 Å². The minimum Gasteiger partial charge on any atom is -0.271 e. The molecule has 1 rings (SSSR count). The van der Waals surface area contributed by atoms with Crippen molar-refractivity contribution in [1.82, 2.24) is 5.43 Å². The highest BCUT2D eigenvalue weighted by Gasteiger charge is 2.19. The molecule has 2 nitrogen and oxygen atoms in total. The van der Waals surface area contributed by atoms with Gasteiger partial charge in [-0.25, -0.2) is 4.39 Å². The van der Waals surface area contributed by atoms with Gasteiger partial charge in [0.05, 0.1) is 5.02 Å². The Kier molecular flexibility index (Phi) is 4.92. The van der Waals surface area contributed by atoms with E-state index in [4.69, 9.17) is 17.4 Å². The first-order chi connectivity index (χ1) is 7.83. The summed E-state index contributed by atoms with van der Waals surface area (Å²) in [7, 11) is 0. The normalized spacial score (nSPS) is 13.8. The Bertz CT molecular complexity index is 374. The van der Waals surface area contributed by atoms with Crippen LogP contribution in [0.15, 0.2) is 18.2 Å². The van der Waals surface area contributed by atoms with E-state index in [1.807, 2.05) is 6.07 Å². The predicted molar refractivity (Wildman–Crippen MR) is 70.3 cm³/mol. The fraction of sp³-hybridized carbons (Fsp3) is 0.538. The van der Waals surface area contributed by atoms with Crippen molar-refractivity contribution in [1.29, 1.82) is 0 Å². The van der Waals surface area contributed by atoms with Gasteiger partial charge in [0.25, 0.3) is 0 Å². The Morgan fingerprint density at radius 1 is 1.41 bits per heavy atom. The maximum atomic E-state index is 13.3. The maximum Gasteiger partial charge on any atom is 0.142 e. The van der Waals surface area contributed by atoms with Crippen molar-refractivity contribution >= 4 is 11.6 Å². The minimum atomic E-state index is -0.379. The first-order valence-electron chi connectivity index (χ1n) is 5.72. The summed E-state index contributed by atoms with van der Waals surface area (Å²) in [5, 5.41) is 0.196. The first-order valence-corrected chi connectivity index (χ1v) is 6.10. The highest BCUT2D eigenvalue weighted by Crippen LogP contribution is 2.25. The number of halogens is 2. The number of hydrazine groups is 1. The Morgan fingerprint density at radius 2 is 2.06 bits per heavy atom. The molecule has 1 atom stereocenters. The second-order valence-corrected chi connectivity index (χ2v) is 5.92. The second-order valence-electron chi connectivity index (χ2n) is 5.55. The Morgan fingerprint density at radius 3 is 2.59 bits per heavy atom. The van der Waals surface area contributed by atoms with Gasteiger partial charge in [0.1, 0.15) is 5.82 Å². The van der Waals surface area contributed by atoms with Crippen LogP contribution in [0.5, 0.6) is 0 Å². The Balaban J connectivity index is 2.77. The molecule has 1 aromatic rings. The van der Waals surface area contributed by atoms with Gasteiger partial charge in [-0.3, -0.25) is 11.3 Å². The van der Waals surface area contributed by atoms with Crippen LogP contribution < -0.4 is 11.3 Å². The fourth-order valence-corrected chi connectivity index (χ4v) is 2.10. The SMILES string of the molecule is CC(C)(C)CC(Cc1cccc(F)c1Cl)NN. The Labute approximate surface area is 107 Å². The van der Waals surface area contributed by atoms with Gasteiger partial charge in [-0.2, -0.15) is 0 Å². The summed E-state index contributed by atoms with van der Waals surface area (Å²) in [4.78, 5) is 0. The monoisotopic (exact) mass is 258 g/mol. The van der Waals surface area contributed by atoms with Gasteiger partial charge in [-0.15, -0.1) is 0 Å². The summed E-state index contributed by atoms with van der Waals surface area (Å²) in [6.07, 6.45) is 1.53. The van der Waals surface area contributed by atoms with Crippen LogP contribution in [-0.2, 0) is 6.42 Å². The molecule has 96 valence electrons. The summed E-state index contributed by atoms with van der Waals surface area (Å²) >= 11 is 5.92. The first kappa shape index (κ1) is 14.4. The molecule has 0 amide bonds. The second kappa shape index (κ2) is 5.80. The van der Waals surface area contributed by atoms with Crippen LogP contribution in [0.3, 0.4) is 0 Å². The van der Waals surface area contributed by atoms with E-state index in [0.717, 1.165) is 12.0 Å². The standard InChI is InChI=1S/C13H20ClFN2/c1-13(2,3)8-10(17-16)7-9-5-4-6-11(15)12(9)14/h4-6,10,17H,7-8,16H2,1-3H3. The van der Waals surface area contributed by atoms with Gasteiger partial charge in [0, 0.05) is 6.04 Å². The van der Waals surface area contributed by atoms with Crippen LogP contribution in [0.2, 0.25) is 5.02 Å². The number of rotatable bonds is 4. The van der Waals surface area contributed by atoms with Gasteiger partial charge in [-0.05, 0) is 29.9 Å². The van der Waals surface area contributed by atoms with Gasteiger partial charge in [-0.1, -0.05) is 44.5 Å². The van der Waals surface area contributed by atoms with Crippen molar-refractivity contribution in [2.24, 2.45) is 11.3 Å². The molecule has 0 fully saturated rings. The molecule has 4 heteroatoms. The van der Waals surface area contributed by atoms with E-state index in [9.17, 15) is 4.39 Å². The molecule has 0 bridgehead atoms. The lowest BCUT2D eigenvalue weighted by Crippen LogP contribution is -2.39. The molecule has 0 aromatic heterocycles. The molecule has 1 aromatic carbocycles. The molecule has 0 aliphatic rings. The zero-order chi connectivity index (χ0) is 13.1. The maximum absolute atomic E-state index is 13.3. The summed E-state index contributed by atoms with van der Waals surface area (Å²) in [6.45, 7) is 6.43. The Hall–Kier alpha value is -0.640. The van der Waals surface area contributed by atoms with Crippen molar-refractivity contribution in [3.63, 3.8) is 0 Å². The smallest absolute Gasteiger partial charge is 0.142 e. The summed E-state index contributed by atoms with van der Waals surface area (Å²) in [6, 6.07) is 4.95. The van der Waals surface area contributed by atoms with E-state index < -0.39 is 0 Å². The van der Waals surface area contributed by atoms with E-state index >= 15 is 0 Å². The zero-order valence-corrected chi connectivity index (χ0v) is 11.3. The van der Waals surface area contributed by atoms with E-state index in [1.165, 1.54) is 6.07 Å². The summed E-state index contributed by atoms with van der Waals surface area (Å²) in [5.41, 5.74) is 3.73. The average molecular weight is 259 g/mol. The van der Waals surface area contributed by atoms with Crippen LogP contribution in [-0.4, -0.2) is 6.04 Å². The number of hydrogen-bond acceptors (Lipinski definition) is 2. The molecule has 0 saturated heterocycles. The summed E-state index contributed by atoms with van der Waals surface area (Å²) in [5.74, 6) is 5.15. The molecule has 0 radical (unpaired) electrons. The van der Waals surface area contributed by atoms with E-state index in [-0.39, 0.29) is 22.3 Å². The molecule has 3 N–H and O–H groups in total. The third-order valence-corrected chi connectivity index (χ3v) is 3.02. The van der Waals surface area contributed by atoms with Crippen LogP contribution in [0.1, 0.15) is 32.8 Å². The fourth-order valence-electron chi connectivity index (χ4n) is 1.90. The number of nitrogens with two attached hydrogens (primary N) is 1. The lowest BCUT2D eigenvalue weighted by atomic mass is 9.86. The number of benzene rings is 1. The van der Waals surface area contributed by atoms with Gasteiger partial charge in [0.2, 0.25) is 0 Å². The van der Waals surface area contributed by atoms with Gasteiger partial charge < -0.3 is 0 Å². The van der Waals surface area contributed by atoms with Crippen LogP contribution in [0, 0.1) is 11.2 Å². The highest BCUT2D eigenvalue weighted by molar-refractivity contribution is 6.31. The molecular weight excluding hydrogens is 239 g/mol. The molecular formula is C13H20ClFN2. The van der Waals surface area contributed by atoms with E-state index in [0.29, 0.717) is 6.42 Å². The molecule has 0 heterocycles.